The minimum atomic E-state index is -3.75. The summed E-state index contributed by atoms with van der Waals surface area (Å²) < 4.78 is 27.3. The Morgan fingerprint density at radius 1 is 1.00 bits per heavy atom. The van der Waals surface area contributed by atoms with Crippen LogP contribution in [0.15, 0.2) is 77.0 Å². The van der Waals surface area contributed by atoms with Crippen LogP contribution in [-0.4, -0.2) is 78.2 Å². The van der Waals surface area contributed by atoms with E-state index in [1.54, 1.807) is 31.1 Å². The number of halogens is 1. The number of nitrogens with zero attached hydrogens (tertiary/aromatic N) is 2. The highest BCUT2D eigenvalue weighted by Gasteiger charge is 2.17. The van der Waals surface area contributed by atoms with Crippen LogP contribution < -0.4 is 15.4 Å². The normalized spacial score (nSPS) is 11.1. The maximum absolute atomic E-state index is 12.5. The van der Waals surface area contributed by atoms with Gasteiger partial charge in [-0.25, -0.2) is 13.1 Å². The molecule has 11 heteroatoms. The van der Waals surface area contributed by atoms with E-state index in [0.29, 0.717) is 28.8 Å². The topological polar surface area (TPSA) is 111 Å². The Bertz CT molecular complexity index is 1200. The molecule has 0 aromatic heterocycles. The van der Waals surface area contributed by atoms with E-state index in [1.165, 1.54) is 23.7 Å². The monoisotopic (exact) mass is 697 g/mol. The zero-order chi connectivity index (χ0) is 37.3. The number of aldehydes is 1. The fourth-order valence-electron chi connectivity index (χ4n) is 3.22. The lowest BCUT2D eigenvalue weighted by molar-refractivity contribution is -0.117. The van der Waals surface area contributed by atoms with Gasteiger partial charge in [0.15, 0.2) is 6.29 Å². The zero-order valence-corrected chi connectivity index (χ0v) is 32.7. The fraction of sp³-hybridized carbons (Fsp3) is 0.500. The second kappa shape index (κ2) is 34.2. The molecule has 0 spiro atoms. The van der Waals surface area contributed by atoms with Gasteiger partial charge in [-0.2, -0.15) is 0 Å². The first kappa shape index (κ1) is 50.7. The van der Waals surface area contributed by atoms with Crippen LogP contribution in [0.2, 0.25) is 0 Å². The van der Waals surface area contributed by atoms with E-state index in [2.05, 4.69) is 52.8 Å². The average molecular weight is 698 g/mol. The predicted octanol–water partition coefficient (Wildman–Crippen LogP) is 7.81. The minimum Gasteiger partial charge on any atom is -0.388 e. The van der Waals surface area contributed by atoms with Crippen molar-refractivity contribution >= 4 is 45.6 Å². The van der Waals surface area contributed by atoms with Gasteiger partial charge in [-0.1, -0.05) is 91.0 Å². The number of sulfonamides is 1. The Morgan fingerprint density at radius 3 is 2.04 bits per heavy atom. The van der Waals surface area contributed by atoms with Gasteiger partial charge < -0.3 is 20.4 Å². The largest absolute Gasteiger partial charge is 0.388 e. The summed E-state index contributed by atoms with van der Waals surface area (Å²) >= 11 is 5.42. The molecule has 3 N–H and O–H groups in total. The lowest BCUT2D eigenvalue weighted by atomic mass is 10.0. The van der Waals surface area contributed by atoms with Gasteiger partial charge in [0, 0.05) is 67.5 Å². The summed E-state index contributed by atoms with van der Waals surface area (Å²) in [6.07, 6.45) is 12.8. The molecule has 0 radical (unpaired) electrons. The molecule has 0 heterocycles. The first-order valence-corrected chi connectivity index (χ1v) is 18.1. The van der Waals surface area contributed by atoms with E-state index in [-0.39, 0.29) is 11.4 Å². The van der Waals surface area contributed by atoms with Crippen molar-refractivity contribution in [2.45, 2.75) is 80.1 Å². The second-order valence-corrected chi connectivity index (χ2v) is 11.3. The Labute approximate surface area is 293 Å². The molecule has 270 valence electrons. The summed E-state index contributed by atoms with van der Waals surface area (Å²) in [5.74, 6) is 0. The number of allylic oxidation sites excluding steroid dienone is 6. The third-order valence-electron chi connectivity index (χ3n) is 5.71. The summed E-state index contributed by atoms with van der Waals surface area (Å²) in [6.45, 7) is 24.9. The van der Waals surface area contributed by atoms with E-state index in [4.69, 9.17) is 11.6 Å². The number of rotatable bonds is 17. The molecule has 0 fully saturated rings. The summed E-state index contributed by atoms with van der Waals surface area (Å²) in [5, 5.41) is 6.06. The van der Waals surface area contributed by atoms with Crippen LogP contribution in [0.4, 0.5) is 5.69 Å². The third kappa shape index (κ3) is 26.6. The average Bonchev–Trinajstić information content (AvgIpc) is 3.08. The molecule has 1 rings (SSSR count). The lowest BCUT2D eigenvalue weighted by Crippen LogP contribution is -2.29. The molecule has 0 aliphatic rings. The Hall–Kier alpha value is -3.18. The van der Waals surface area contributed by atoms with Crippen LogP contribution in [-0.2, 0) is 19.6 Å². The van der Waals surface area contributed by atoms with Crippen LogP contribution in [0, 0.1) is 0 Å². The number of carbonyl (C=O) groups excluding carboxylic acids is 2. The molecule has 1 aromatic carbocycles. The highest BCUT2D eigenvalue weighted by Crippen LogP contribution is 2.26. The van der Waals surface area contributed by atoms with E-state index < -0.39 is 10.0 Å². The molecule has 0 saturated heterocycles. The summed E-state index contributed by atoms with van der Waals surface area (Å²) in [5.41, 5.74) is 4.03. The predicted molar refractivity (Wildman–Crippen MR) is 206 cm³/mol. The van der Waals surface area contributed by atoms with Gasteiger partial charge in [0.1, 0.15) is 0 Å². The van der Waals surface area contributed by atoms with Gasteiger partial charge >= 0.3 is 0 Å². The second-order valence-electron chi connectivity index (χ2n) is 9.29. The number of nitrogens with one attached hydrogen (secondary N) is 3. The maximum atomic E-state index is 12.5. The molecular formula is C36H64ClN5O4S. The Kier molecular flexibility index (Phi) is 36.8. The SMILES string of the molecule is C/C=C\CC.C=C(/C=C(\C=O)c1cc(S(=O)(=O)NC/C=C/Cl)ccc1NC)N/C(C)=C\CC.CC.CC.CCN(C)CCN(C)C=O. The van der Waals surface area contributed by atoms with E-state index in [0.717, 1.165) is 44.6 Å². The molecule has 9 nitrogen and oxygen atoms in total. The first-order chi connectivity index (χ1) is 22.4. The van der Waals surface area contributed by atoms with Gasteiger partial charge in [0.25, 0.3) is 0 Å². The molecule has 0 atom stereocenters. The number of likely N-dealkylation sites (N-methyl/N-ethyl adjacent to an activating group) is 2. The fourth-order valence-corrected chi connectivity index (χ4v) is 4.31. The number of hydrogen-bond donors (Lipinski definition) is 3. The number of carbonyl (C=O) groups is 2. The van der Waals surface area contributed by atoms with Crippen molar-refractivity contribution in [2.75, 3.05) is 52.6 Å². The number of hydrogen-bond acceptors (Lipinski definition) is 7. The van der Waals surface area contributed by atoms with E-state index in [1.807, 2.05) is 61.6 Å². The van der Waals surface area contributed by atoms with Crippen molar-refractivity contribution in [1.29, 1.82) is 0 Å². The van der Waals surface area contributed by atoms with Crippen molar-refractivity contribution in [3.05, 3.63) is 77.7 Å². The molecular weight excluding hydrogens is 634 g/mol. The van der Waals surface area contributed by atoms with Crippen molar-refractivity contribution in [1.82, 2.24) is 19.8 Å². The van der Waals surface area contributed by atoms with E-state index >= 15 is 0 Å². The summed E-state index contributed by atoms with van der Waals surface area (Å²) in [6, 6.07) is 4.52. The smallest absolute Gasteiger partial charge is 0.240 e. The van der Waals surface area contributed by atoms with Crippen molar-refractivity contribution in [2.24, 2.45) is 0 Å². The van der Waals surface area contributed by atoms with Crippen LogP contribution in [0.3, 0.4) is 0 Å². The molecule has 47 heavy (non-hydrogen) atoms. The zero-order valence-electron chi connectivity index (χ0n) is 31.1. The summed E-state index contributed by atoms with van der Waals surface area (Å²) in [4.78, 5) is 25.7. The number of anilines is 1. The van der Waals surface area contributed by atoms with Crippen molar-refractivity contribution in [3.63, 3.8) is 0 Å². The molecule has 0 unspecified atom stereocenters. The quantitative estimate of drug-likeness (QED) is 0.0659. The third-order valence-corrected chi connectivity index (χ3v) is 7.31. The highest BCUT2D eigenvalue weighted by atomic mass is 35.5. The lowest BCUT2D eigenvalue weighted by Gasteiger charge is -2.16. The van der Waals surface area contributed by atoms with Crippen LogP contribution in [0.1, 0.15) is 80.7 Å². The van der Waals surface area contributed by atoms with Gasteiger partial charge in [0.05, 0.1) is 4.90 Å². The molecule has 1 amide bonds. The van der Waals surface area contributed by atoms with Crippen LogP contribution >= 0.6 is 11.6 Å². The molecule has 0 aliphatic carbocycles. The van der Waals surface area contributed by atoms with Gasteiger partial charge in [0.2, 0.25) is 16.4 Å². The molecule has 1 aromatic rings. The summed E-state index contributed by atoms with van der Waals surface area (Å²) in [7, 11) is 1.77. The number of benzene rings is 1. The molecule has 0 bridgehead atoms. The van der Waals surface area contributed by atoms with Crippen molar-refractivity contribution < 1.29 is 18.0 Å². The van der Waals surface area contributed by atoms with Gasteiger partial charge in [-0.3, -0.25) is 9.59 Å². The maximum Gasteiger partial charge on any atom is 0.240 e. The Morgan fingerprint density at radius 2 is 1.62 bits per heavy atom. The highest BCUT2D eigenvalue weighted by molar-refractivity contribution is 7.89. The van der Waals surface area contributed by atoms with Gasteiger partial charge in [-0.15, -0.1) is 0 Å². The number of amides is 1. The van der Waals surface area contributed by atoms with E-state index in [9.17, 15) is 18.0 Å². The first-order valence-electron chi connectivity index (χ1n) is 16.2. The van der Waals surface area contributed by atoms with Crippen LogP contribution in [0.25, 0.3) is 5.57 Å². The molecule has 0 aliphatic heterocycles. The van der Waals surface area contributed by atoms with Crippen LogP contribution in [0.5, 0.6) is 0 Å². The van der Waals surface area contributed by atoms with Gasteiger partial charge in [-0.05, 0) is 64.6 Å². The molecule has 0 saturated carbocycles. The van der Waals surface area contributed by atoms with Crippen molar-refractivity contribution in [3.8, 4) is 0 Å². The Balaban J connectivity index is -0.000000399. The standard InChI is InChI=1S/C20H26ClN3O3S.C7H16N2O.C5H10.2C2H6/c1-5-7-15(2)24-16(3)12-17(14-25)19-13-18(8-9-20(19)22-4)28(26,27)23-11-6-10-21;1-4-8(2)5-6-9(3)7-10;1-3-5-4-2;2*1-2/h6-10,12-14,22-24H,3,5,11H2,1-2,4H3;7H,4-6H2,1-3H3;3,5H,4H2,1-2H3;2*1-2H3/b10-6+,15-7-,17-12+;;5-3-;;. The minimum absolute atomic E-state index is 0.0397.